The van der Waals surface area contributed by atoms with Crippen LogP contribution in [0, 0.1) is 5.92 Å². The minimum Gasteiger partial charge on any atom is -0.486 e. The number of benzene rings is 1. The zero-order valence-electron chi connectivity index (χ0n) is 11.3. The maximum Gasteiger partial charge on any atom is 0.254 e. The van der Waals surface area contributed by atoms with E-state index in [1.807, 2.05) is 17.0 Å². The van der Waals surface area contributed by atoms with Crippen molar-refractivity contribution in [1.82, 2.24) is 4.90 Å². The second-order valence-electron chi connectivity index (χ2n) is 5.24. The number of ether oxygens (including phenoxy) is 2. The van der Waals surface area contributed by atoms with Crippen molar-refractivity contribution in [1.29, 1.82) is 0 Å². The molecule has 2 aliphatic rings. The van der Waals surface area contributed by atoms with E-state index in [1.165, 1.54) is 0 Å². The van der Waals surface area contributed by atoms with Gasteiger partial charge in [-0.3, -0.25) is 4.79 Å². The maximum atomic E-state index is 12.5. The van der Waals surface area contributed by atoms with Gasteiger partial charge in [0.1, 0.15) is 13.2 Å². The lowest BCUT2D eigenvalue weighted by Crippen LogP contribution is -2.29. The quantitative estimate of drug-likeness (QED) is 0.795. The van der Waals surface area contributed by atoms with E-state index in [0.717, 1.165) is 37.0 Å². The lowest BCUT2D eigenvalue weighted by Gasteiger charge is -2.20. The Morgan fingerprint density at radius 1 is 1.30 bits per heavy atom. The predicted octanol–water partition coefficient (Wildman–Crippen LogP) is 2.70. The summed E-state index contributed by atoms with van der Waals surface area (Å²) in [7, 11) is 0. The molecule has 1 amide bonds. The summed E-state index contributed by atoms with van der Waals surface area (Å²) in [5.41, 5.74) is 0.689. The number of likely N-dealkylation sites (tertiary alicyclic amines) is 1. The number of hydrogen-bond acceptors (Lipinski definition) is 3. The van der Waals surface area contributed by atoms with Crippen molar-refractivity contribution in [3.8, 4) is 11.5 Å². The van der Waals surface area contributed by atoms with Gasteiger partial charge in [0.15, 0.2) is 11.5 Å². The number of carbonyl (C=O) groups is 1. The summed E-state index contributed by atoms with van der Waals surface area (Å²) in [6, 6.07) is 5.45. The van der Waals surface area contributed by atoms with Crippen molar-refractivity contribution < 1.29 is 14.3 Å². The van der Waals surface area contributed by atoms with Crippen LogP contribution in [-0.2, 0) is 0 Å². The van der Waals surface area contributed by atoms with Crippen LogP contribution in [0.1, 0.15) is 23.2 Å². The molecule has 2 aliphatic heterocycles. The number of fused-ring (bicyclic) bond motifs is 1. The highest BCUT2D eigenvalue weighted by atomic mass is 79.9. The number of rotatable bonds is 3. The van der Waals surface area contributed by atoms with Crippen LogP contribution in [0.3, 0.4) is 0 Å². The van der Waals surface area contributed by atoms with Crippen molar-refractivity contribution in [3.05, 3.63) is 23.8 Å². The van der Waals surface area contributed by atoms with Gasteiger partial charge in [0, 0.05) is 24.0 Å². The SMILES string of the molecule is O=C(c1ccc2c(c1)OCCO2)N1CCC(CCBr)C1. The lowest BCUT2D eigenvalue weighted by atomic mass is 10.1. The average molecular weight is 340 g/mol. The third kappa shape index (κ3) is 2.77. The third-order valence-corrected chi connectivity index (χ3v) is 4.34. The van der Waals surface area contributed by atoms with Crippen LogP contribution >= 0.6 is 15.9 Å². The molecule has 1 fully saturated rings. The van der Waals surface area contributed by atoms with E-state index >= 15 is 0 Å². The molecule has 0 N–H and O–H groups in total. The molecule has 1 aromatic rings. The van der Waals surface area contributed by atoms with Crippen LogP contribution in [0.15, 0.2) is 18.2 Å². The summed E-state index contributed by atoms with van der Waals surface area (Å²) in [4.78, 5) is 14.4. The molecule has 0 bridgehead atoms. The smallest absolute Gasteiger partial charge is 0.254 e. The molecule has 3 rings (SSSR count). The second kappa shape index (κ2) is 6.04. The molecule has 2 heterocycles. The van der Waals surface area contributed by atoms with Crippen LogP contribution < -0.4 is 9.47 Å². The first-order chi connectivity index (χ1) is 9.78. The molecule has 108 valence electrons. The standard InChI is InChI=1S/C15H18BrNO3/c16-5-3-11-4-6-17(10-11)15(18)12-1-2-13-14(9-12)20-8-7-19-13/h1-2,9,11H,3-8,10H2. The van der Waals surface area contributed by atoms with Gasteiger partial charge in [-0.25, -0.2) is 0 Å². The summed E-state index contributed by atoms with van der Waals surface area (Å²) in [5, 5.41) is 1.00. The Balaban J connectivity index is 1.71. The van der Waals surface area contributed by atoms with Crippen LogP contribution in [0.25, 0.3) is 0 Å². The summed E-state index contributed by atoms with van der Waals surface area (Å²) in [6.45, 7) is 2.83. The number of hydrogen-bond donors (Lipinski definition) is 0. The third-order valence-electron chi connectivity index (χ3n) is 3.88. The molecular formula is C15H18BrNO3. The molecular weight excluding hydrogens is 322 g/mol. The minimum atomic E-state index is 0.0963. The summed E-state index contributed by atoms with van der Waals surface area (Å²) in [5.74, 6) is 2.12. The Bertz CT molecular complexity index is 506. The molecule has 0 aliphatic carbocycles. The molecule has 4 nitrogen and oxygen atoms in total. The Hall–Kier alpha value is -1.23. The van der Waals surface area contributed by atoms with Crippen molar-refractivity contribution in [2.45, 2.75) is 12.8 Å². The fourth-order valence-electron chi connectivity index (χ4n) is 2.77. The van der Waals surface area contributed by atoms with Crippen molar-refractivity contribution in [3.63, 3.8) is 0 Å². The maximum absolute atomic E-state index is 12.5. The van der Waals surface area contributed by atoms with E-state index in [1.54, 1.807) is 6.07 Å². The molecule has 1 unspecified atom stereocenters. The van der Waals surface area contributed by atoms with Crippen molar-refractivity contribution in [2.75, 3.05) is 31.6 Å². The number of halogens is 1. The van der Waals surface area contributed by atoms with E-state index in [-0.39, 0.29) is 5.91 Å². The molecule has 20 heavy (non-hydrogen) atoms. The van der Waals surface area contributed by atoms with E-state index in [9.17, 15) is 4.79 Å². The van der Waals surface area contributed by atoms with E-state index < -0.39 is 0 Å². The highest BCUT2D eigenvalue weighted by molar-refractivity contribution is 9.09. The summed E-state index contributed by atoms with van der Waals surface area (Å²) < 4.78 is 11.0. The molecule has 0 spiro atoms. The van der Waals surface area contributed by atoms with Crippen molar-refractivity contribution in [2.24, 2.45) is 5.92 Å². The van der Waals surface area contributed by atoms with Gasteiger partial charge in [0.05, 0.1) is 0 Å². The van der Waals surface area contributed by atoms with Gasteiger partial charge in [-0.2, -0.15) is 0 Å². The summed E-state index contributed by atoms with van der Waals surface area (Å²) in [6.07, 6.45) is 2.23. The fourth-order valence-corrected chi connectivity index (χ4v) is 3.41. The van der Waals surface area contributed by atoms with Gasteiger partial charge in [-0.05, 0) is 37.0 Å². The number of carbonyl (C=O) groups excluding carboxylic acids is 1. The Morgan fingerprint density at radius 2 is 2.10 bits per heavy atom. The average Bonchev–Trinajstić information content (AvgIpc) is 2.95. The minimum absolute atomic E-state index is 0.0963. The predicted molar refractivity (Wildman–Crippen MR) is 79.9 cm³/mol. The van der Waals surface area contributed by atoms with Crippen molar-refractivity contribution >= 4 is 21.8 Å². The molecule has 1 saturated heterocycles. The normalized spacial score (nSPS) is 21.1. The Morgan fingerprint density at radius 3 is 2.90 bits per heavy atom. The topological polar surface area (TPSA) is 38.8 Å². The largest absolute Gasteiger partial charge is 0.486 e. The van der Waals surface area contributed by atoms with Gasteiger partial charge in [-0.15, -0.1) is 0 Å². The summed E-state index contributed by atoms with van der Waals surface area (Å²) >= 11 is 3.47. The van der Waals surface area contributed by atoms with Gasteiger partial charge in [-0.1, -0.05) is 15.9 Å². The molecule has 1 aromatic carbocycles. The Kier molecular flexibility index (Phi) is 4.15. The van der Waals surface area contributed by atoms with Crippen LogP contribution in [0.5, 0.6) is 11.5 Å². The van der Waals surface area contributed by atoms with Gasteiger partial charge >= 0.3 is 0 Å². The first kappa shape index (κ1) is 13.7. The molecule has 0 aromatic heterocycles. The van der Waals surface area contributed by atoms with Crippen LogP contribution in [0.4, 0.5) is 0 Å². The zero-order chi connectivity index (χ0) is 13.9. The van der Waals surface area contributed by atoms with Gasteiger partial charge in [0.25, 0.3) is 5.91 Å². The van der Waals surface area contributed by atoms with E-state index in [2.05, 4.69) is 15.9 Å². The van der Waals surface area contributed by atoms with E-state index in [0.29, 0.717) is 30.4 Å². The molecule has 0 radical (unpaired) electrons. The number of alkyl halides is 1. The molecule has 1 atom stereocenters. The van der Waals surface area contributed by atoms with Gasteiger partial charge in [0.2, 0.25) is 0 Å². The second-order valence-corrected chi connectivity index (χ2v) is 6.03. The number of amides is 1. The first-order valence-corrected chi connectivity index (χ1v) is 8.15. The lowest BCUT2D eigenvalue weighted by molar-refractivity contribution is 0.0786. The van der Waals surface area contributed by atoms with Crippen LogP contribution in [-0.4, -0.2) is 42.4 Å². The fraction of sp³-hybridized carbons (Fsp3) is 0.533. The first-order valence-electron chi connectivity index (χ1n) is 7.03. The van der Waals surface area contributed by atoms with E-state index in [4.69, 9.17) is 9.47 Å². The highest BCUT2D eigenvalue weighted by Gasteiger charge is 2.27. The zero-order valence-corrected chi connectivity index (χ0v) is 12.9. The van der Waals surface area contributed by atoms with Gasteiger partial charge < -0.3 is 14.4 Å². The Labute approximate surface area is 127 Å². The highest BCUT2D eigenvalue weighted by Crippen LogP contribution is 2.31. The monoisotopic (exact) mass is 339 g/mol. The number of nitrogens with zero attached hydrogens (tertiary/aromatic N) is 1. The molecule has 0 saturated carbocycles. The molecule has 5 heteroatoms. The van der Waals surface area contributed by atoms with Crippen LogP contribution in [0.2, 0.25) is 0 Å².